The molecule has 0 aromatic carbocycles. The molecule has 0 saturated carbocycles. The standard InChI is InChI=1S/C7H13Cl.C6H12O2/c1-7(2,3)5-4-6-8;1-4-6(7)8-5(2)3/h4-5H,6H2,1-3H3;5H,4H2,1-3H3. The lowest BCUT2D eigenvalue weighted by atomic mass is 9.97. The Morgan fingerprint density at radius 1 is 1.38 bits per heavy atom. The fourth-order valence-corrected chi connectivity index (χ4v) is 0.833. The molecule has 96 valence electrons. The van der Waals surface area contributed by atoms with E-state index in [0.717, 1.165) is 0 Å². The van der Waals surface area contributed by atoms with Crippen LogP contribution in [0.4, 0.5) is 0 Å². The molecule has 16 heavy (non-hydrogen) atoms. The lowest BCUT2D eigenvalue weighted by Crippen LogP contribution is -2.09. The first kappa shape index (κ1) is 17.9. The third kappa shape index (κ3) is 19.1. The van der Waals surface area contributed by atoms with E-state index in [0.29, 0.717) is 12.3 Å². The average Bonchev–Trinajstić information content (AvgIpc) is 2.13. The van der Waals surface area contributed by atoms with Gasteiger partial charge in [0.1, 0.15) is 0 Å². The summed E-state index contributed by atoms with van der Waals surface area (Å²) < 4.78 is 4.76. The predicted molar refractivity (Wildman–Crippen MR) is 70.8 cm³/mol. The highest BCUT2D eigenvalue weighted by Gasteiger charge is 2.01. The van der Waals surface area contributed by atoms with E-state index in [-0.39, 0.29) is 17.5 Å². The normalized spacial score (nSPS) is 11.2. The van der Waals surface area contributed by atoms with Crippen LogP contribution < -0.4 is 0 Å². The molecule has 0 aromatic rings. The molecule has 0 aliphatic carbocycles. The molecule has 0 heterocycles. The van der Waals surface area contributed by atoms with Gasteiger partial charge in [0.2, 0.25) is 0 Å². The summed E-state index contributed by atoms with van der Waals surface area (Å²) in [5.74, 6) is 0.497. The zero-order chi connectivity index (χ0) is 13.2. The van der Waals surface area contributed by atoms with Gasteiger partial charge in [0.25, 0.3) is 0 Å². The van der Waals surface area contributed by atoms with E-state index >= 15 is 0 Å². The highest BCUT2D eigenvalue weighted by atomic mass is 35.5. The quantitative estimate of drug-likeness (QED) is 0.426. The molecule has 0 amide bonds. The molecule has 3 heteroatoms. The molecule has 0 bridgehead atoms. The van der Waals surface area contributed by atoms with Gasteiger partial charge in [-0.05, 0) is 19.3 Å². The van der Waals surface area contributed by atoms with Crippen LogP contribution in [-0.2, 0) is 9.53 Å². The second-order valence-electron chi connectivity index (χ2n) is 4.81. The second-order valence-corrected chi connectivity index (χ2v) is 5.12. The van der Waals surface area contributed by atoms with E-state index in [4.69, 9.17) is 16.3 Å². The molecular formula is C13H25ClO2. The Bertz CT molecular complexity index is 202. The minimum absolute atomic E-state index is 0.0300. The molecule has 0 radical (unpaired) electrons. The molecule has 2 nitrogen and oxygen atoms in total. The molecule has 0 rings (SSSR count). The Labute approximate surface area is 105 Å². The average molecular weight is 249 g/mol. The van der Waals surface area contributed by atoms with Crippen molar-refractivity contribution >= 4 is 17.6 Å². The van der Waals surface area contributed by atoms with Gasteiger partial charge < -0.3 is 4.74 Å². The Morgan fingerprint density at radius 2 is 1.88 bits per heavy atom. The van der Waals surface area contributed by atoms with E-state index < -0.39 is 0 Å². The predicted octanol–water partition coefficient (Wildman–Crippen LogP) is 4.18. The van der Waals surface area contributed by atoms with Crippen molar-refractivity contribution in [2.45, 2.75) is 54.1 Å². The Hall–Kier alpha value is -0.500. The first-order valence-corrected chi connectivity index (χ1v) is 6.19. The molecule has 0 atom stereocenters. The van der Waals surface area contributed by atoms with Crippen LogP contribution in [-0.4, -0.2) is 18.0 Å². The topological polar surface area (TPSA) is 26.3 Å². The smallest absolute Gasteiger partial charge is 0.305 e. The molecule has 0 saturated heterocycles. The summed E-state index contributed by atoms with van der Waals surface area (Å²) in [6.07, 6.45) is 4.59. The van der Waals surface area contributed by atoms with Gasteiger partial charge in [0.15, 0.2) is 0 Å². The van der Waals surface area contributed by atoms with Gasteiger partial charge in [-0.3, -0.25) is 4.79 Å². The lowest BCUT2D eigenvalue weighted by Gasteiger charge is -2.09. The Morgan fingerprint density at radius 3 is 2.00 bits per heavy atom. The summed E-state index contributed by atoms with van der Waals surface area (Å²) in [5, 5.41) is 0. The number of carbonyl (C=O) groups excluding carboxylic acids is 1. The van der Waals surface area contributed by atoms with Crippen LogP contribution in [0, 0.1) is 5.41 Å². The molecular weight excluding hydrogens is 224 g/mol. The summed E-state index contributed by atoms with van der Waals surface area (Å²) in [6.45, 7) is 11.9. The summed E-state index contributed by atoms with van der Waals surface area (Å²) in [7, 11) is 0. The molecule has 0 fully saturated rings. The maximum atomic E-state index is 10.4. The highest BCUT2D eigenvalue weighted by molar-refractivity contribution is 6.18. The van der Waals surface area contributed by atoms with E-state index in [9.17, 15) is 4.79 Å². The van der Waals surface area contributed by atoms with Gasteiger partial charge in [0.05, 0.1) is 6.10 Å². The Balaban J connectivity index is 0. The van der Waals surface area contributed by atoms with E-state index in [1.807, 2.05) is 19.9 Å². The van der Waals surface area contributed by atoms with Crippen molar-refractivity contribution in [3.8, 4) is 0 Å². The monoisotopic (exact) mass is 248 g/mol. The van der Waals surface area contributed by atoms with Crippen molar-refractivity contribution in [3.63, 3.8) is 0 Å². The number of halogens is 1. The van der Waals surface area contributed by atoms with Crippen LogP contribution in [0.5, 0.6) is 0 Å². The molecule has 0 aromatic heterocycles. The maximum Gasteiger partial charge on any atom is 0.305 e. The van der Waals surface area contributed by atoms with Crippen molar-refractivity contribution in [1.82, 2.24) is 0 Å². The van der Waals surface area contributed by atoms with Gasteiger partial charge in [-0.25, -0.2) is 0 Å². The molecule has 0 aliphatic rings. The van der Waals surface area contributed by atoms with Crippen molar-refractivity contribution in [3.05, 3.63) is 12.2 Å². The number of alkyl halides is 1. The van der Waals surface area contributed by atoms with Crippen LogP contribution >= 0.6 is 11.6 Å². The SMILES string of the molecule is CC(C)(C)C=CCCl.CCC(=O)OC(C)C. The summed E-state index contributed by atoms with van der Waals surface area (Å²) >= 11 is 5.42. The van der Waals surface area contributed by atoms with E-state index in [1.54, 1.807) is 6.92 Å². The van der Waals surface area contributed by atoms with Crippen LogP contribution in [0.2, 0.25) is 0 Å². The third-order valence-corrected chi connectivity index (χ3v) is 1.54. The number of esters is 1. The van der Waals surface area contributed by atoms with Crippen molar-refractivity contribution < 1.29 is 9.53 Å². The van der Waals surface area contributed by atoms with Gasteiger partial charge in [-0.2, -0.15) is 0 Å². The van der Waals surface area contributed by atoms with Gasteiger partial charge >= 0.3 is 5.97 Å². The minimum Gasteiger partial charge on any atom is -0.463 e. The maximum absolute atomic E-state index is 10.4. The number of rotatable bonds is 3. The van der Waals surface area contributed by atoms with Crippen molar-refractivity contribution in [1.29, 1.82) is 0 Å². The second kappa shape index (κ2) is 9.71. The fourth-order valence-electron chi connectivity index (χ4n) is 0.744. The van der Waals surface area contributed by atoms with Crippen molar-refractivity contribution in [2.75, 3.05) is 5.88 Å². The van der Waals surface area contributed by atoms with E-state index in [2.05, 4.69) is 26.8 Å². The van der Waals surface area contributed by atoms with Crippen LogP contribution in [0.15, 0.2) is 12.2 Å². The zero-order valence-corrected chi connectivity index (χ0v) is 12.1. The highest BCUT2D eigenvalue weighted by Crippen LogP contribution is 2.13. The van der Waals surface area contributed by atoms with E-state index in [1.165, 1.54) is 0 Å². The summed E-state index contributed by atoms with van der Waals surface area (Å²) in [6, 6.07) is 0. The third-order valence-electron chi connectivity index (χ3n) is 1.36. The number of hydrogen-bond acceptors (Lipinski definition) is 2. The molecule has 0 N–H and O–H groups in total. The fraction of sp³-hybridized carbons (Fsp3) is 0.769. The van der Waals surface area contributed by atoms with Crippen LogP contribution in [0.1, 0.15) is 48.0 Å². The van der Waals surface area contributed by atoms with Gasteiger partial charge in [-0.1, -0.05) is 39.8 Å². The lowest BCUT2D eigenvalue weighted by molar-refractivity contribution is -0.146. The Kier molecular flexibility index (Phi) is 10.8. The zero-order valence-electron chi connectivity index (χ0n) is 11.3. The number of carbonyl (C=O) groups is 1. The number of hydrogen-bond donors (Lipinski definition) is 0. The first-order chi connectivity index (χ1) is 7.22. The van der Waals surface area contributed by atoms with Crippen LogP contribution in [0.25, 0.3) is 0 Å². The molecule has 0 aliphatic heterocycles. The largest absolute Gasteiger partial charge is 0.463 e. The molecule has 0 spiro atoms. The van der Waals surface area contributed by atoms with Gasteiger partial charge in [-0.15, -0.1) is 11.6 Å². The molecule has 0 unspecified atom stereocenters. The number of ether oxygens (including phenoxy) is 1. The first-order valence-electron chi connectivity index (χ1n) is 5.66. The van der Waals surface area contributed by atoms with Crippen molar-refractivity contribution in [2.24, 2.45) is 5.41 Å². The summed E-state index contributed by atoms with van der Waals surface area (Å²) in [5.41, 5.74) is 0.287. The summed E-state index contributed by atoms with van der Waals surface area (Å²) in [4.78, 5) is 10.4. The van der Waals surface area contributed by atoms with Gasteiger partial charge in [0, 0.05) is 12.3 Å². The minimum atomic E-state index is -0.125. The van der Waals surface area contributed by atoms with Crippen LogP contribution in [0.3, 0.4) is 0 Å². The number of allylic oxidation sites excluding steroid dienone is 2.